The molecular formula is C23H29FN4O4S. The summed E-state index contributed by atoms with van der Waals surface area (Å²) in [6.45, 7) is 6.49. The van der Waals surface area contributed by atoms with Crippen molar-refractivity contribution < 1.29 is 23.2 Å². The van der Waals surface area contributed by atoms with Crippen LogP contribution in [0.25, 0.3) is 10.9 Å². The molecule has 5 rings (SSSR count). The highest BCUT2D eigenvalue weighted by atomic mass is 32.2. The molecule has 0 aliphatic carbocycles. The van der Waals surface area contributed by atoms with Crippen molar-refractivity contribution >= 4 is 33.9 Å². The van der Waals surface area contributed by atoms with Crippen molar-refractivity contribution in [2.45, 2.75) is 25.6 Å². The lowest BCUT2D eigenvalue weighted by molar-refractivity contribution is -0.169. The second-order valence-corrected chi connectivity index (χ2v) is 10.3. The van der Waals surface area contributed by atoms with Gasteiger partial charge in [-0.2, -0.15) is 0 Å². The smallest absolute Gasteiger partial charge is 0.257 e. The van der Waals surface area contributed by atoms with Crippen molar-refractivity contribution in [1.82, 2.24) is 14.2 Å². The summed E-state index contributed by atoms with van der Waals surface area (Å²) >= 11 is -1.01. The number of anilines is 1. The van der Waals surface area contributed by atoms with Gasteiger partial charge >= 0.3 is 0 Å². The minimum absolute atomic E-state index is 0.126. The molecule has 3 fully saturated rings. The van der Waals surface area contributed by atoms with Crippen LogP contribution < -0.4 is 4.90 Å². The Morgan fingerprint density at radius 1 is 1.15 bits per heavy atom. The van der Waals surface area contributed by atoms with Gasteiger partial charge in [-0.1, -0.05) is 0 Å². The number of ether oxygens (including phenoxy) is 2. The molecular weight excluding hydrogens is 447 g/mol. The van der Waals surface area contributed by atoms with Crippen LogP contribution in [0.3, 0.4) is 0 Å². The van der Waals surface area contributed by atoms with E-state index in [1.54, 1.807) is 17.2 Å². The topological polar surface area (TPSA) is 81.2 Å². The monoisotopic (exact) mass is 476 g/mol. The van der Waals surface area contributed by atoms with E-state index in [4.69, 9.17) is 9.47 Å². The standard InChI is InChI=1S/C23H29FN4O4S/c1-2-33(30)28-11-9-27(10-12-28)22(29)19-16-25-20-4-3-17(24)15-18(20)21(19)26-7-5-23(6-8-26)31-13-14-32-23/h3-4,15-16H,2,5-14H2,1H3. The van der Waals surface area contributed by atoms with Gasteiger partial charge in [-0.3, -0.25) is 9.78 Å². The molecule has 1 atom stereocenters. The van der Waals surface area contributed by atoms with Gasteiger partial charge in [0.2, 0.25) is 0 Å². The second-order valence-electron chi connectivity index (χ2n) is 8.61. The molecule has 1 amide bonds. The van der Waals surface area contributed by atoms with Gasteiger partial charge in [0.05, 0.1) is 43.1 Å². The first-order chi connectivity index (χ1) is 16.0. The first-order valence-electron chi connectivity index (χ1n) is 11.5. The molecule has 8 nitrogen and oxygen atoms in total. The lowest BCUT2D eigenvalue weighted by Gasteiger charge is -2.40. The zero-order chi connectivity index (χ0) is 23.0. The number of aromatic nitrogens is 1. The number of nitrogens with zero attached hydrogens (tertiary/aromatic N) is 4. The van der Waals surface area contributed by atoms with E-state index >= 15 is 0 Å². The Morgan fingerprint density at radius 2 is 1.85 bits per heavy atom. The van der Waals surface area contributed by atoms with Crippen LogP contribution in [0.2, 0.25) is 0 Å². The predicted molar refractivity (Wildman–Crippen MR) is 124 cm³/mol. The van der Waals surface area contributed by atoms with Crippen LogP contribution in [0.4, 0.5) is 10.1 Å². The molecule has 1 spiro atoms. The summed E-state index contributed by atoms with van der Waals surface area (Å²) in [4.78, 5) is 22.0. The van der Waals surface area contributed by atoms with Gasteiger partial charge in [-0.15, -0.1) is 4.31 Å². The van der Waals surface area contributed by atoms with Crippen molar-refractivity contribution in [1.29, 1.82) is 0 Å². The summed E-state index contributed by atoms with van der Waals surface area (Å²) in [6, 6.07) is 4.50. The Balaban J connectivity index is 1.44. The molecule has 178 valence electrons. The summed E-state index contributed by atoms with van der Waals surface area (Å²) in [7, 11) is 0. The normalized spacial score (nSPS) is 22.3. The van der Waals surface area contributed by atoms with Crippen LogP contribution in [0.15, 0.2) is 24.4 Å². The summed E-state index contributed by atoms with van der Waals surface area (Å²) in [5.41, 5.74) is 1.85. The van der Waals surface area contributed by atoms with Crippen molar-refractivity contribution in [3.05, 3.63) is 35.8 Å². The fourth-order valence-corrected chi connectivity index (χ4v) is 5.89. The molecule has 1 unspecified atom stereocenters. The molecule has 3 saturated heterocycles. The molecule has 3 aliphatic rings. The van der Waals surface area contributed by atoms with Gasteiger partial charge in [0.15, 0.2) is 5.79 Å². The number of benzene rings is 1. The number of hydrogen-bond donors (Lipinski definition) is 0. The van der Waals surface area contributed by atoms with Crippen molar-refractivity contribution in [3.8, 4) is 0 Å². The van der Waals surface area contributed by atoms with Gasteiger partial charge in [0.1, 0.15) is 11.6 Å². The van der Waals surface area contributed by atoms with Crippen LogP contribution in [0.1, 0.15) is 30.1 Å². The van der Waals surface area contributed by atoms with E-state index in [2.05, 4.69) is 9.88 Å². The number of hydrogen-bond acceptors (Lipinski definition) is 7. The number of halogens is 1. The van der Waals surface area contributed by atoms with E-state index in [0.717, 1.165) is 5.69 Å². The number of amides is 1. The van der Waals surface area contributed by atoms with E-state index < -0.39 is 17.1 Å². The van der Waals surface area contributed by atoms with Gasteiger partial charge in [0, 0.05) is 62.0 Å². The van der Waals surface area contributed by atoms with Crippen molar-refractivity contribution in [2.75, 3.05) is 63.1 Å². The fraction of sp³-hybridized carbons (Fsp3) is 0.565. The quantitative estimate of drug-likeness (QED) is 0.626. The van der Waals surface area contributed by atoms with E-state index in [1.807, 2.05) is 11.2 Å². The minimum Gasteiger partial charge on any atom is -0.598 e. The second kappa shape index (κ2) is 9.34. The van der Waals surface area contributed by atoms with E-state index in [0.29, 0.717) is 87.5 Å². The molecule has 0 N–H and O–H groups in total. The third-order valence-electron chi connectivity index (χ3n) is 6.75. The van der Waals surface area contributed by atoms with Crippen LogP contribution in [0.5, 0.6) is 0 Å². The first-order valence-corrected chi connectivity index (χ1v) is 12.8. The van der Waals surface area contributed by atoms with Crippen molar-refractivity contribution in [3.63, 3.8) is 0 Å². The van der Waals surface area contributed by atoms with Gasteiger partial charge in [-0.05, 0) is 25.1 Å². The maximum absolute atomic E-state index is 14.2. The Morgan fingerprint density at radius 3 is 2.52 bits per heavy atom. The molecule has 3 aliphatic heterocycles. The summed E-state index contributed by atoms with van der Waals surface area (Å²) in [5.74, 6) is -0.455. The van der Waals surface area contributed by atoms with Crippen LogP contribution in [-0.2, 0) is 20.8 Å². The van der Waals surface area contributed by atoms with Crippen LogP contribution in [-0.4, -0.2) is 88.7 Å². The van der Waals surface area contributed by atoms with Gasteiger partial charge < -0.3 is 23.8 Å². The van der Waals surface area contributed by atoms with E-state index in [9.17, 15) is 13.7 Å². The van der Waals surface area contributed by atoms with E-state index in [-0.39, 0.29) is 11.7 Å². The summed E-state index contributed by atoms with van der Waals surface area (Å²) in [6.07, 6.45) is 2.98. The molecule has 0 radical (unpaired) electrons. The number of piperazine rings is 1. The summed E-state index contributed by atoms with van der Waals surface area (Å²) < 4.78 is 40.0. The zero-order valence-electron chi connectivity index (χ0n) is 18.8. The number of piperidine rings is 1. The number of carbonyl (C=O) groups excluding carboxylic acids is 1. The molecule has 4 heterocycles. The predicted octanol–water partition coefficient (Wildman–Crippen LogP) is 2.16. The van der Waals surface area contributed by atoms with Crippen molar-refractivity contribution in [2.24, 2.45) is 0 Å². The third-order valence-corrected chi connectivity index (χ3v) is 8.18. The Bertz CT molecular complexity index is 1020. The molecule has 1 aromatic carbocycles. The molecule has 1 aromatic heterocycles. The average molecular weight is 477 g/mol. The lowest BCUT2D eigenvalue weighted by Crippen LogP contribution is -2.51. The molecule has 2 aromatic rings. The number of fused-ring (bicyclic) bond motifs is 1. The average Bonchev–Trinajstić information content (AvgIpc) is 3.31. The van der Waals surface area contributed by atoms with Gasteiger partial charge in [0.25, 0.3) is 5.91 Å². The maximum atomic E-state index is 14.2. The highest BCUT2D eigenvalue weighted by Crippen LogP contribution is 2.37. The highest BCUT2D eigenvalue weighted by molar-refractivity contribution is 7.89. The number of pyridine rings is 1. The van der Waals surface area contributed by atoms with Gasteiger partial charge in [-0.25, -0.2) is 4.39 Å². The Hall–Kier alpha value is -1.98. The number of rotatable bonds is 4. The van der Waals surface area contributed by atoms with E-state index in [1.165, 1.54) is 12.1 Å². The summed E-state index contributed by atoms with van der Waals surface area (Å²) in [5, 5.41) is 0.635. The van der Waals surface area contributed by atoms with Crippen LogP contribution in [0, 0.1) is 5.82 Å². The SMILES string of the molecule is CC[S+]([O-])N1CCN(C(=O)c2cnc3ccc(F)cc3c2N2CCC3(CC2)OCCO3)CC1. The largest absolute Gasteiger partial charge is 0.598 e. The fourth-order valence-electron chi connectivity index (χ4n) is 4.95. The number of carbonyl (C=O) groups is 1. The zero-order valence-corrected chi connectivity index (χ0v) is 19.6. The van der Waals surface area contributed by atoms with Crippen LogP contribution >= 0.6 is 0 Å². The molecule has 0 saturated carbocycles. The maximum Gasteiger partial charge on any atom is 0.257 e. The minimum atomic E-state index is -1.01. The molecule has 10 heteroatoms. The molecule has 33 heavy (non-hydrogen) atoms. The Kier molecular flexibility index (Phi) is 6.45. The third kappa shape index (κ3) is 4.42. The first kappa shape index (κ1) is 22.8. The molecule has 0 bridgehead atoms. The Labute approximate surface area is 195 Å². The lowest BCUT2D eigenvalue weighted by atomic mass is 10.00. The highest BCUT2D eigenvalue weighted by Gasteiger charge is 2.41.